The number of thioether (sulfide) groups is 1. The first kappa shape index (κ1) is 13.8. The molecule has 0 saturated carbocycles. The van der Waals surface area contributed by atoms with Crippen molar-refractivity contribution in [2.75, 3.05) is 17.2 Å². The predicted octanol–water partition coefficient (Wildman–Crippen LogP) is 1.51. The summed E-state index contributed by atoms with van der Waals surface area (Å²) in [6.07, 6.45) is 0. The lowest BCUT2D eigenvalue weighted by molar-refractivity contribution is -0.116. The van der Waals surface area contributed by atoms with Gasteiger partial charge in [-0.05, 0) is 6.92 Å². The standard InChI is InChI=1S/C10H14N6OS2/c1-3-16(6(2)17)10-12-7(5-19-10)4-18-9-13-8(11)14-15-9/h5H,3-4H2,1-2H3,(H3,11,13,14,15). The Kier molecular flexibility index (Phi) is 4.38. The summed E-state index contributed by atoms with van der Waals surface area (Å²) < 4.78 is 0. The minimum atomic E-state index is -0.00204. The van der Waals surface area contributed by atoms with Gasteiger partial charge in [0.2, 0.25) is 17.0 Å². The van der Waals surface area contributed by atoms with Crippen LogP contribution in [0.25, 0.3) is 0 Å². The van der Waals surface area contributed by atoms with Crippen LogP contribution in [0, 0.1) is 0 Å². The summed E-state index contributed by atoms with van der Waals surface area (Å²) in [6, 6.07) is 0. The zero-order valence-electron chi connectivity index (χ0n) is 10.6. The minimum absolute atomic E-state index is 0.00204. The monoisotopic (exact) mass is 298 g/mol. The number of aromatic amines is 1. The summed E-state index contributed by atoms with van der Waals surface area (Å²) in [5, 5.41) is 9.75. The van der Waals surface area contributed by atoms with E-state index in [-0.39, 0.29) is 5.91 Å². The van der Waals surface area contributed by atoms with E-state index in [9.17, 15) is 4.79 Å². The molecule has 1 amide bonds. The molecule has 0 atom stereocenters. The highest BCUT2D eigenvalue weighted by atomic mass is 32.2. The molecule has 0 aromatic carbocycles. The van der Waals surface area contributed by atoms with Crippen LogP contribution in [0.4, 0.5) is 11.1 Å². The van der Waals surface area contributed by atoms with Gasteiger partial charge in [-0.3, -0.25) is 9.69 Å². The molecule has 0 aliphatic heterocycles. The molecule has 9 heteroatoms. The Balaban J connectivity index is 1.99. The summed E-state index contributed by atoms with van der Waals surface area (Å²) in [5.41, 5.74) is 6.34. The van der Waals surface area contributed by atoms with Gasteiger partial charge in [-0.1, -0.05) is 11.8 Å². The number of anilines is 2. The van der Waals surface area contributed by atoms with Crippen LogP contribution in [-0.4, -0.2) is 32.6 Å². The number of nitrogen functional groups attached to an aromatic ring is 1. The average Bonchev–Trinajstić information content (AvgIpc) is 2.96. The molecule has 2 heterocycles. The molecule has 2 rings (SSSR count). The number of rotatable bonds is 5. The minimum Gasteiger partial charge on any atom is -0.368 e. The third kappa shape index (κ3) is 3.44. The van der Waals surface area contributed by atoms with Gasteiger partial charge in [0, 0.05) is 24.6 Å². The topological polar surface area (TPSA) is 101 Å². The summed E-state index contributed by atoms with van der Waals surface area (Å²) in [7, 11) is 0. The number of nitrogens with two attached hydrogens (primary N) is 1. The van der Waals surface area contributed by atoms with Gasteiger partial charge >= 0.3 is 0 Å². The van der Waals surface area contributed by atoms with E-state index in [1.165, 1.54) is 30.0 Å². The maximum Gasteiger partial charge on any atom is 0.225 e. The number of H-pyrrole nitrogens is 1. The molecule has 0 aliphatic rings. The quantitative estimate of drug-likeness (QED) is 0.811. The van der Waals surface area contributed by atoms with Crippen LogP contribution in [0.3, 0.4) is 0 Å². The lowest BCUT2D eigenvalue weighted by Gasteiger charge is -2.14. The van der Waals surface area contributed by atoms with Gasteiger partial charge in [0.1, 0.15) is 0 Å². The first-order valence-corrected chi connectivity index (χ1v) is 7.50. The number of hydrogen-bond donors (Lipinski definition) is 2. The highest BCUT2D eigenvalue weighted by molar-refractivity contribution is 7.98. The fourth-order valence-electron chi connectivity index (χ4n) is 1.44. The molecule has 2 aromatic rings. The van der Waals surface area contributed by atoms with Crippen molar-refractivity contribution >= 4 is 40.1 Å². The molecule has 0 unspecified atom stereocenters. The fraction of sp³-hybridized carbons (Fsp3) is 0.400. The summed E-state index contributed by atoms with van der Waals surface area (Å²) in [6.45, 7) is 4.08. The molecule has 7 nitrogen and oxygen atoms in total. The molecular formula is C10H14N6OS2. The van der Waals surface area contributed by atoms with Crippen molar-refractivity contribution in [1.29, 1.82) is 0 Å². The summed E-state index contributed by atoms with van der Waals surface area (Å²) >= 11 is 2.90. The molecule has 19 heavy (non-hydrogen) atoms. The third-order valence-electron chi connectivity index (χ3n) is 2.30. The van der Waals surface area contributed by atoms with Crippen LogP contribution in [0.5, 0.6) is 0 Å². The van der Waals surface area contributed by atoms with Gasteiger partial charge in [0.15, 0.2) is 5.13 Å². The Bertz CT molecular complexity index is 566. The molecule has 0 aliphatic carbocycles. The smallest absolute Gasteiger partial charge is 0.225 e. The number of nitrogens with one attached hydrogen (secondary N) is 1. The van der Waals surface area contributed by atoms with E-state index in [1.54, 1.807) is 4.90 Å². The number of amides is 1. The van der Waals surface area contributed by atoms with Crippen LogP contribution in [0.15, 0.2) is 10.5 Å². The van der Waals surface area contributed by atoms with Gasteiger partial charge < -0.3 is 5.73 Å². The maximum atomic E-state index is 11.4. The van der Waals surface area contributed by atoms with E-state index < -0.39 is 0 Å². The van der Waals surface area contributed by atoms with Gasteiger partial charge in [0.25, 0.3) is 0 Å². The van der Waals surface area contributed by atoms with Gasteiger partial charge in [-0.2, -0.15) is 4.98 Å². The van der Waals surface area contributed by atoms with Crippen molar-refractivity contribution < 1.29 is 4.79 Å². The Morgan fingerprint density at radius 2 is 2.37 bits per heavy atom. The van der Waals surface area contributed by atoms with Crippen LogP contribution >= 0.6 is 23.1 Å². The maximum absolute atomic E-state index is 11.4. The zero-order chi connectivity index (χ0) is 13.8. The van der Waals surface area contributed by atoms with E-state index >= 15 is 0 Å². The predicted molar refractivity (Wildman–Crippen MR) is 76.2 cm³/mol. The van der Waals surface area contributed by atoms with Crippen LogP contribution in [-0.2, 0) is 10.5 Å². The number of carbonyl (C=O) groups excluding carboxylic acids is 1. The van der Waals surface area contributed by atoms with E-state index in [2.05, 4.69) is 20.2 Å². The Labute approximate surface area is 118 Å². The molecule has 0 spiro atoms. The molecule has 0 bridgehead atoms. The van der Waals surface area contributed by atoms with Gasteiger partial charge in [-0.15, -0.1) is 16.4 Å². The lowest BCUT2D eigenvalue weighted by Crippen LogP contribution is -2.27. The largest absolute Gasteiger partial charge is 0.368 e. The lowest BCUT2D eigenvalue weighted by atomic mass is 10.5. The fourth-order valence-corrected chi connectivity index (χ4v) is 3.18. The second kappa shape index (κ2) is 6.02. The van der Waals surface area contributed by atoms with Crippen LogP contribution in [0.1, 0.15) is 19.5 Å². The molecule has 3 N–H and O–H groups in total. The van der Waals surface area contributed by atoms with E-state index in [0.29, 0.717) is 23.4 Å². The number of thiazole rings is 1. The van der Waals surface area contributed by atoms with Crippen molar-refractivity contribution in [2.24, 2.45) is 0 Å². The normalized spacial score (nSPS) is 10.6. The third-order valence-corrected chi connectivity index (χ3v) is 4.09. The molecular weight excluding hydrogens is 284 g/mol. The molecule has 102 valence electrons. The Morgan fingerprint density at radius 1 is 1.58 bits per heavy atom. The Morgan fingerprint density at radius 3 is 2.95 bits per heavy atom. The average molecular weight is 298 g/mol. The molecule has 0 radical (unpaired) electrons. The Hall–Kier alpha value is -1.61. The first-order valence-electron chi connectivity index (χ1n) is 5.63. The van der Waals surface area contributed by atoms with E-state index in [4.69, 9.17) is 5.73 Å². The van der Waals surface area contributed by atoms with Crippen LogP contribution in [0.2, 0.25) is 0 Å². The second-order valence-electron chi connectivity index (χ2n) is 3.68. The van der Waals surface area contributed by atoms with Crippen molar-refractivity contribution in [3.05, 3.63) is 11.1 Å². The van der Waals surface area contributed by atoms with E-state index in [1.807, 2.05) is 12.3 Å². The molecule has 0 fully saturated rings. The molecule has 0 saturated heterocycles. The SMILES string of the molecule is CCN(C(C)=O)c1nc(CSc2n[nH]c(N)n2)cs1. The summed E-state index contributed by atoms with van der Waals surface area (Å²) in [4.78, 5) is 21.5. The zero-order valence-corrected chi connectivity index (χ0v) is 12.2. The highest BCUT2D eigenvalue weighted by Crippen LogP contribution is 2.25. The van der Waals surface area contributed by atoms with Crippen molar-refractivity contribution in [3.63, 3.8) is 0 Å². The number of carbonyl (C=O) groups is 1. The number of nitrogens with zero attached hydrogens (tertiary/aromatic N) is 4. The summed E-state index contributed by atoms with van der Waals surface area (Å²) in [5.74, 6) is 0.941. The highest BCUT2D eigenvalue weighted by Gasteiger charge is 2.13. The van der Waals surface area contributed by atoms with E-state index in [0.717, 1.165) is 10.8 Å². The van der Waals surface area contributed by atoms with Gasteiger partial charge in [0.05, 0.1) is 5.69 Å². The van der Waals surface area contributed by atoms with Crippen LogP contribution < -0.4 is 10.6 Å². The number of hydrogen-bond acceptors (Lipinski definition) is 7. The van der Waals surface area contributed by atoms with Crippen molar-refractivity contribution in [1.82, 2.24) is 20.2 Å². The van der Waals surface area contributed by atoms with Gasteiger partial charge in [-0.25, -0.2) is 10.1 Å². The molecule has 2 aromatic heterocycles. The number of aromatic nitrogens is 4. The first-order chi connectivity index (χ1) is 9.10. The van der Waals surface area contributed by atoms with Crippen molar-refractivity contribution in [2.45, 2.75) is 24.8 Å². The van der Waals surface area contributed by atoms with Crippen molar-refractivity contribution in [3.8, 4) is 0 Å². The second-order valence-corrected chi connectivity index (χ2v) is 5.46.